The Balaban J connectivity index is 0.000000288. The minimum Gasteiger partial charge on any atom is -0.394 e. The normalized spacial score (nSPS) is 26.9. The number of nitrogens with two attached hydrogens (primary N) is 1. The third-order valence-corrected chi connectivity index (χ3v) is 7.27. The molecular weight excluding hydrogens is 523 g/mol. The van der Waals surface area contributed by atoms with Gasteiger partial charge in [-0.1, -0.05) is 0 Å². The highest BCUT2D eigenvalue weighted by molar-refractivity contribution is 7.66. The Hall–Kier alpha value is -1.60. The first kappa shape index (κ1) is 27.6. The van der Waals surface area contributed by atoms with Gasteiger partial charge < -0.3 is 50.3 Å². The summed E-state index contributed by atoms with van der Waals surface area (Å²) in [5.41, 5.74) is 5.65. The molecule has 1 saturated heterocycles. The van der Waals surface area contributed by atoms with Crippen LogP contribution in [0, 0.1) is 0 Å². The summed E-state index contributed by atoms with van der Waals surface area (Å²) in [6, 6.07) is 0. The summed E-state index contributed by atoms with van der Waals surface area (Å²) < 4.78 is 48.5. The number of nitrogen functional groups attached to an aromatic ring is 1. The van der Waals surface area contributed by atoms with Crippen LogP contribution in [-0.4, -0.2) is 86.0 Å². The molecule has 20 nitrogen and oxygen atoms in total. The molecule has 0 spiro atoms. The van der Waals surface area contributed by atoms with Gasteiger partial charge in [0.15, 0.2) is 17.5 Å². The molecule has 1 fully saturated rings. The van der Waals surface area contributed by atoms with Crippen molar-refractivity contribution in [1.82, 2.24) is 19.9 Å². The standard InChI is InChI=1S/C5H5N5O.C5H13O14P3/c6-5-9-3-2(4(11)10-5)7-1-8-3;6-1-2-3(7)4(8)5(16-2)17-21(12,13)19-22(14,15)18-20(9,10)11/h1H,(H4,6,7,8,9,10,11);2-8H,1H2,(H,12,13)(H,14,15)(H2,9,10,11)/t;2-,3-,4+,5?/m.1/s1. The number of nitrogens with one attached hydrogen (secondary N) is 2. The van der Waals surface area contributed by atoms with Crippen molar-refractivity contribution in [3.63, 3.8) is 0 Å². The minimum absolute atomic E-state index is 0.0783. The Morgan fingerprint density at radius 3 is 2.27 bits per heavy atom. The first-order valence-electron chi connectivity index (χ1n) is 8.17. The second kappa shape index (κ2) is 10.3. The number of aliphatic hydroxyl groups is 3. The van der Waals surface area contributed by atoms with E-state index >= 15 is 0 Å². The Labute approximate surface area is 181 Å². The lowest BCUT2D eigenvalue weighted by Crippen LogP contribution is -2.34. The summed E-state index contributed by atoms with van der Waals surface area (Å²) in [4.78, 5) is 58.2. The molecule has 6 atom stereocenters. The van der Waals surface area contributed by atoms with Crippen LogP contribution < -0.4 is 11.3 Å². The number of anilines is 1. The molecule has 33 heavy (non-hydrogen) atoms. The number of phosphoric acid groups is 3. The van der Waals surface area contributed by atoms with Gasteiger partial charge in [0.25, 0.3) is 5.56 Å². The molecule has 2 aromatic heterocycles. The summed E-state index contributed by atoms with van der Waals surface area (Å²) in [7, 11) is -16.7. The van der Waals surface area contributed by atoms with Crippen LogP contribution in [0.1, 0.15) is 0 Å². The van der Waals surface area contributed by atoms with E-state index in [9.17, 15) is 33.6 Å². The summed E-state index contributed by atoms with van der Waals surface area (Å²) in [6.45, 7) is -0.783. The van der Waals surface area contributed by atoms with Gasteiger partial charge in [0, 0.05) is 0 Å². The van der Waals surface area contributed by atoms with Crippen LogP contribution in [0.15, 0.2) is 11.1 Å². The fourth-order valence-electron chi connectivity index (χ4n) is 2.24. The number of imidazole rings is 1. The van der Waals surface area contributed by atoms with Gasteiger partial charge in [-0.3, -0.25) is 14.3 Å². The van der Waals surface area contributed by atoms with Crippen molar-refractivity contribution in [2.24, 2.45) is 0 Å². The lowest BCUT2D eigenvalue weighted by Gasteiger charge is -2.20. The topological polar surface area (TPSA) is 330 Å². The van der Waals surface area contributed by atoms with Crippen LogP contribution in [0.5, 0.6) is 0 Å². The zero-order valence-corrected chi connectivity index (χ0v) is 18.5. The Bertz CT molecular complexity index is 1160. The molecule has 188 valence electrons. The number of aliphatic hydroxyl groups excluding tert-OH is 3. The molecular formula is C10H18N5O15P3. The predicted octanol–water partition coefficient (Wildman–Crippen LogP) is -3.00. The predicted molar refractivity (Wildman–Crippen MR) is 102 cm³/mol. The quantitative estimate of drug-likeness (QED) is 0.156. The van der Waals surface area contributed by atoms with Gasteiger partial charge in [0.2, 0.25) is 5.95 Å². The van der Waals surface area contributed by atoms with Crippen LogP contribution in [0.25, 0.3) is 11.2 Å². The van der Waals surface area contributed by atoms with Crippen LogP contribution in [-0.2, 0) is 31.6 Å². The van der Waals surface area contributed by atoms with E-state index in [1.807, 2.05) is 0 Å². The zero-order valence-electron chi connectivity index (χ0n) is 15.8. The highest BCUT2D eigenvalue weighted by Crippen LogP contribution is 2.66. The van der Waals surface area contributed by atoms with Gasteiger partial charge in [0.05, 0.1) is 12.9 Å². The maximum atomic E-state index is 11.4. The third kappa shape index (κ3) is 7.99. The number of ether oxygens (including phenoxy) is 1. The van der Waals surface area contributed by atoms with Crippen molar-refractivity contribution in [3.8, 4) is 0 Å². The minimum atomic E-state index is -5.70. The van der Waals surface area contributed by atoms with Crippen molar-refractivity contribution in [2.75, 3.05) is 12.3 Å². The molecule has 11 N–H and O–H groups in total. The summed E-state index contributed by atoms with van der Waals surface area (Å²) in [5.74, 6) is 0.0783. The fourth-order valence-corrected chi connectivity index (χ4v) is 5.34. The van der Waals surface area contributed by atoms with E-state index in [-0.39, 0.29) is 11.5 Å². The summed E-state index contributed by atoms with van der Waals surface area (Å²) >= 11 is 0. The van der Waals surface area contributed by atoms with E-state index in [1.165, 1.54) is 6.33 Å². The summed E-state index contributed by atoms with van der Waals surface area (Å²) in [5, 5.41) is 27.6. The smallest absolute Gasteiger partial charge is 0.394 e. The van der Waals surface area contributed by atoms with Gasteiger partial charge >= 0.3 is 23.5 Å². The third-order valence-electron chi connectivity index (χ3n) is 3.47. The van der Waals surface area contributed by atoms with Crippen molar-refractivity contribution >= 4 is 40.6 Å². The SMILES string of the molecule is Nc1nc2nc[nH]c2c(=O)[nH]1.O=P(O)(O)OP(=O)(O)OP(=O)(O)OC1O[C@H](CO)[C@@H](O)[C@@H]1O. The number of hydrogen-bond donors (Lipinski definition) is 10. The molecule has 3 heterocycles. The van der Waals surface area contributed by atoms with E-state index in [2.05, 4.69) is 37.8 Å². The Kier molecular flexibility index (Phi) is 8.67. The summed E-state index contributed by atoms with van der Waals surface area (Å²) in [6.07, 6.45) is -5.61. The van der Waals surface area contributed by atoms with Crippen LogP contribution >= 0.6 is 23.5 Å². The van der Waals surface area contributed by atoms with E-state index in [0.717, 1.165) is 0 Å². The largest absolute Gasteiger partial charge is 0.490 e. The molecule has 2 aromatic rings. The lowest BCUT2D eigenvalue weighted by atomic mass is 10.1. The van der Waals surface area contributed by atoms with Gasteiger partial charge in [-0.2, -0.15) is 13.6 Å². The first-order chi connectivity index (χ1) is 15.0. The molecule has 0 aliphatic carbocycles. The maximum absolute atomic E-state index is 11.4. The van der Waals surface area contributed by atoms with Crippen molar-refractivity contribution < 1.29 is 66.5 Å². The van der Waals surface area contributed by atoms with Gasteiger partial charge in [-0.15, -0.1) is 0 Å². The highest BCUT2D eigenvalue weighted by atomic mass is 31.3. The maximum Gasteiger partial charge on any atom is 0.490 e. The number of hydrogen-bond acceptors (Lipinski definition) is 14. The molecule has 3 unspecified atom stereocenters. The average Bonchev–Trinajstić information content (AvgIpc) is 3.19. The Morgan fingerprint density at radius 2 is 1.73 bits per heavy atom. The fraction of sp³-hybridized carbons (Fsp3) is 0.500. The number of phosphoric ester groups is 1. The van der Waals surface area contributed by atoms with Crippen LogP contribution in [0.2, 0.25) is 0 Å². The van der Waals surface area contributed by atoms with E-state index in [0.29, 0.717) is 11.2 Å². The second-order valence-corrected chi connectivity index (χ2v) is 10.3. The number of aromatic nitrogens is 4. The highest BCUT2D eigenvalue weighted by Gasteiger charge is 2.49. The van der Waals surface area contributed by atoms with E-state index in [4.69, 9.17) is 25.5 Å². The molecule has 0 bridgehead atoms. The number of rotatable bonds is 7. The first-order valence-corrected chi connectivity index (χ1v) is 12.7. The van der Waals surface area contributed by atoms with Crippen LogP contribution in [0.4, 0.5) is 5.95 Å². The number of aromatic amines is 2. The molecule has 3 rings (SSSR count). The molecule has 0 aromatic carbocycles. The monoisotopic (exact) mass is 541 g/mol. The zero-order chi connectivity index (χ0) is 25.2. The molecule has 1 aliphatic rings. The molecule has 23 heteroatoms. The second-order valence-electron chi connectivity index (χ2n) is 5.96. The molecule has 1 aliphatic heterocycles. The number of fused-ring (bicyclic) bond motifs is 1. The van der Waals surface area contributed by atoms with Crippen molar-refractivity contribution in [3.05, 3.63) is 16.7 Å². The number of H-pyrrole nitrogens is 2. The molecule has 0 radical (unpaired) electrons. The molecule has 0 saturated carbocycles. The Morgan fingerprint density at radius 1 is 1.09 bits per heavy atom. The van der Waals surface area contributed by atoms with Gasteiger partial charge in [-0.25, -0.2) is 18.7 Å². The average molecular weight is 541 g/mol. The van der Waals surface area contributed by atoms with Gasteiger partial charge in [-0.05, 0) is 0 Å². The number of nitrogens with zero attached hydrogens (tertiary/aromatic N) is 2. The van der Waals surface area contributed by atoms with Crippen molar-refractivity contribution in [1.29, 1.82) is 0 Å². The van der Waals surface area contributed by atoms with Crippen molar-refractivity contribution in [2.45, 2.75) is 24.6 Å². The van der Waals surface area contributed by atoms with E-state index < -0.39 is 54.7 Å². The van der Waals surface area contributed by atoms with E-state index in [1.54, 1.807) is 0 Å². The van der Waals surface area contributed by atoms with Gasteiger partial charge in [0.1, 0.15) is 18.3 Å². The van der Waals surface area contributed by atoms with Crippen LogP contribution in [0.3, 0.4) is 0 Å². The lowest BCUT2D eigenvalue weighted by molar-refractivity contribution is -0.125. The molecule has 0 amide bonds.